The molecule has 0 radical (unpaired) electrons. The van der Waals surface area contributed by atoms with Crippen LogP contribution in [0.5, 0.6) is 11.5 Å². The van der Waals surface area contributed by atoms with Gasteiger partial charge in [-0.25, -0.2) is 9.50 Å². The first-order chi connectivity index (χ1) is 23.5. The minimum atomic E-state index is -0.789. The minimum absolute atomic E-state index is 0.214. The highest BCUT2D eigenvalue weighted by Crippen LogP contribution is 2.34. The van der Waals surface area contributed by atoms with E-state index in [9.17, 15) is 14.4 Å². The van der Waals surface area contributed by atoms with Crippen LogP contribution in [0, 0.1) is 0 Å². The third kappa shape index (κ3) is 6.36. The second-order valence-corrected chi connectivity index (χ2v) is 11.9. The third-order valence-electron chi connectivity index (χ3n) is 8.96. The zero-order valence-corrected chi connectivity index (χ0v) is 26.8. The van der Waals surface area contributed by atoms with Gasteiger partial charge in [0.05, 0.1) is 48.9 Å². The lowest BCUT2D eigenvalue weighted by atomic mass is 10.1. The molecule has 3 aliphatic rings. The number of ether oxygens (including phenoxy) is 3. The van der Waals surface area contributed by atoms with Crippen molar-refractivity contribution in [1.29, 1.82) is 0 Å². The van der Waals surface area contributed by atoms with Gasteiger partial charge in [-0.15, -0.1) is 5.10 Å². The molecule has 0 aliphatic carbocycles. The molecule has 250 valence electrons. The summed E-state index contributed by atoms with van der Waals surface area (Å²) in [5.41, 5.74) is 3.28. The molecule has 2 fully saturated rings. The van der Waals surface area contributed by atoms with Crippen molar-refractivity contribution < 1.29 is 28.6 Å². The molecule has 0 spiro atoms. The number of carbonyl (C=O) groups excluding carboxylic acids is 3. The van der Waals surface area contributed by atoms with Gasteiger partial charge in [-0.2, -0.15) is 0 Å². The zero-order valence-electron chi connectivity index (χ0n) is 26.8. The van der Waals surface area contributed by atoms with Gasteiger partial charge in [0, 0.05) is 57.2 Å². The van der Waals surface area contributed by atoms with Crippen molar-refractivity contribution in [2.24, 2.45) is 0 Å². The SMILES string of the molecule is COc1cc(N2CCN(CCOCCOc3cccc4c3C(=O)N(C3CCCNC3=O)C4=O)CC2)ccc1Nc1ncc2cccn2n1. The van der Waals surface area contributed by atoms with Crippen molar-refractivity contribution >= 4 is 40.6 Å². The first-order valence-corrected chi connectivity index (χ1v) is 16.2. The maximum absolute atomic E-state index is 13.2. The maximum atomic E-state index is 13.2. The quantitative estimate of drug-likeness (QED) is 0.172. The largest absolute Gasteiger partial charge is 0.494 e. The van der Waals surface area contributed by atoms with Gasteiger partial charge in [-0.05, 0) is 49.2 Å². The summed E-state index contributed by atoms with van der Waals surface area (Å²) in [5, 5.41) is 10.5. The number of hydrogen-bond acceptors (Lipinski definition) is 11. The van der Waals surface area contributed by atoms with E-state index in [1.54, 1.807) is 36.0 Å². The fourth-order valence-electron chi connectivity index (χ4n) is 6.41. The number of benzene rings is 2. The number of hydrogen-bond donors (Lipinski definition) is 2. The van der Waals surface area contributed by atoms with Crippen LogP contribution < -0.4 is 25.0 Å². The Morgan fingerprint density at radius 1 is 0.958 bits per heavy atom. The minimum Gasteiger partial charge on any atom is -0.494 e. The Morgan fingerprint density at radius 3 is 2.67 bits per heavy atom. The summed E-state index contributed by atoms with van der Waals surface area (Å²) in [4.78, 5) is 48.8. The fourth-order valence-corrected chi connectivity index (χ4v) is 6.41. The first-order valence-electron chi connectivity index (χ1n) is 16.2. The molecule has 14 nitrogen and oxygen atoms in total. The molecule has 3 amide bonds. The lowest BCUT2D eigenvalue weighted by Crippen LogP contribution is -2.52. The monoisotopic (exact) mass is 654 g/mol. The molecular weight excluding hydrogens is 616 g/mol. The van der Waals surface area contributed by atoms with Gasteiger partial charge >= 0.3 is 0 Å². The Hall–Kier alpha value is -5.21. The molecule has 2 N–H and O–H groups in total. The van der Waals surface area contributed by atoms with Crippen LogP contribution in [0.25, 0.3) is 5.52 Å². The predicted octanol–water partition coefficient (Wildman–Crippen LogP) is 2.57. The topological polar surface area (TPSA) is 143 Å². The number of piperidine rings is 1. The Balaban J connectivity index is 0.847. The van der Waals surface area contributed by atoms with Crippen LogP contribution in [0.4, 0.5) is 17.3 Å². The first kappa shape index (κ1) is 31.4. The van der Waals surface area contributed by atoms with Gasteiger partial charge in [-0.3, -0.25) is 24.2 Å². The third-order valence-corrected chi connectivity index (χ3v) is 8.96. The van der Waals surface area contributed by atoms with E-state index in [0.717, 1.165) is 54.5 Å². The number of fused-ring (bicyclic) bond motifs is 2. The number of carbonyl (C=O) groups is 3. The van der Waals surface area contributed by atoms with E-state index in [1.165, 1.54) is 0 Å². The highest BCUT2D eigenvalue weighted by Gasteiger charge is 2.45. The number of anilines is 3. The van der Waals surface area contributed by atoms with Crippen LogP contribution in [0.2, 0.25) is 0 Å². The normalized spacial score (nSPS) is 18.3. The standard InChI is InChI=1S/C34H38N8O6/c1-46-29-21-23(9-10-26(29)37-34-36-22-24-5-4-12-41(24)38-34)40-15-13-39(14-16-40)17-18-47-19-20-48-28-8-2-6-25-30(28)33(45)42(32(25)44)27-7-3-11-35-31(27)43/h2,4-6,8-10,12,21-22,27H,3,7,11,13-20H2,1H3,(H,35,43)(H,37,38). The number of nitrogens with zero attached hydrogens (tertiary/aromatic N) is 6. The summed E-state index contributed by atoms with van der Waals surface area (Å²) in [6.07, 6.45) is 4.82. The second kappa shape index (κ2) is 13.9. The Kier molecular flexibility index (Phi) is 9.07. The highest BCUT2D eigenvalue weighted by atomic mass is 16.5. The Labute approximate surface area is 277 Å². The van der Waals surface area contributed by atoms with Crippen molar-refractivity contribution in [2.75, 3.05) is 76.4 Å². The van der Waals surface area contributed by atoms with E-state index in [0.29, 0.717) is 50.0 Å². The van der Waals surface area contributed by atoms with Crippen molar-refractivity contribution in [3.63, 3.8) is 0 Å². The summed E-state index contributed by atoms with van der Waals surface area (Å²) in [5.74, 6) is 0.292. The molecule has 0 saturated carbocycles. The summed E-state index contributed by atoms with van der Waals surface area (Å²) >= 11 is 0. The van der Waals surface area contributed by atoms with Crippen molar-refractivity contribution in [3.05, 3.63) is 72.1 Å². The number of aromatic nitrogens is 3. The number of methoxy groups -OCH3 is 1. The molecule has 5 heterocycles. The van der Waals surface area contributed by atoms with Gasteiger partial charge in [-0.1, -0.05) is 6.07 Å². The maximum Gasteiger partial charge on any atom is 0.266 e. The van der Waals surface area contributed by atoms with E-state index in [-0.39, 0.29) is 23.6 Å². The molecule has 1 atom stereocenters. The zero-order chi connectivity index (χ0) is 33.0. The number of rotatable bonds is 12. The van der Waals surface area contributed by atoms with E-state index in [4.69, 9.17) is 14.2 Å². The smallest absolute Gasteiger partial charge is 0.266 e. The number of piperazine rings is 1. The molecule has 0 bridgehead atoms. The van der Waals surface area contributed by atoms with Crippen LogP contribution in [0.15, 0.2) is 60.9 Å². The molecule has 4 aromatic rings. The molecule has 48 heavy (non-hydrogen) atoms. The van der Waals surface area contributed by atoms with Crippen LogP contribution in [0.3, 0.4) is 0 Å². The molecule has 7 rings (SSSR count). The molecule has 2 aromatic carbocycles. The van der Waals surface area contributed by atoms with Crippen molar-refractivity contribution in [3.8, 4) is 11.5 Å². The Bertz CT molecular complexity index is 1820. The predicted molar refractivity (Wildman–Crippen MR) is 177 cm³/mol. The van der Waals surface area contributed by atoms with Crippen LogP contribution >= 0.6 is 0 Å². The van der Waals surface area contributed by atoms with Gasteiger partial charge in [0.1, 0.15) is 24.1 Å². The van der Waals surface area contributed by atoms with Gasteiger partial charge in [0.2, 0.25) is 11.9 Å². The summed E-state index contributed by atoms with van der Waals surface area (Å²) < 4.78 is 19.2. The van der Waals surface area contributed by atoms with E-state index >= 15 is 0 Å². The number of nitrogens with one attached hydrogen (secondary N) is 2. The Morgan fingerprint density at radius 2 is 1.83 bits per heavy atom. The summed E-state index contributed by atoms with van der Waals surface area (Å²) in [6.45, 7) is 6.00. The van der Waals surface area contributed by atoms with Gasteiger partial charge in [0.25, 0.3) is 11.8 Å². The molecular formula is C34H38N8O6. The average molecular weight is 655 g/mol. The van der Waals surface area contributed by atoms with Crippen LogP contribution in [0.1, 0.15) is 33.6 Å². The fraction of sp³-hybridized carbons (Fsp3) is 0.382. The molecule has 2 saturated heterocycles. The van der Waals surface area contributed by atoms with E-state index in [1.807, 2.05) is 30.5 Å². The van der Waals surface area contributed by atoms with Crippen LogP contribution in [-0.4, -0.2) is 114 Å². The number of imide groups is 1. The lowest BCUT2D eigenvalue weighted by molar-refractivity contribution is -0.126. The van der Waals surface area contributed by atoms with Crippen molar-refractivity contribution in [2.45, 2.75) is 18.9 Å². The highest BCUT2D eigenvalue weighted by molar-refractivity contribution is 6.24. The number of amides is 3. The van der Waals surface area contributed by atoms with Crippen molar-refractivity contribution in [1.82, 2.24) is 29.7 Å². The molecule has 14 heteroatoms. The molecule has 1 unspecified atom stereocenters. The van der Waals surface area contributed by atoms with Gasteiger partial charge < -0.3 is 29.7 Å². The average Bonchev–Trinajstić information content (AvgIpc) is 3.68. The lowest BCUT2D eigenvalue weighted by Gasteiger charge is -2.36. The van der Waals surface area contributed by atoms with Crippen LogP contribution in [-0.2, 0) is 9.53 Å². The second-order valence-electron chi connectivity index (χ2n) is 11.9. The summed E-state index contributed by atoms with van der Waals surface area (Å²) in [7, 11) is 1.66. The summed E-state index contributed by atoms with van der Waals surface area (Å²) in [6, 6.07) is 14.1. The molecule has 2 aromatic heterocycles. The van der Waals surface area contributed by atoms with E-state index in [2.05, 4.69) is 36.6 Å². The van der Waals surface area contributed by atoms with Gasteiger partial charge in [0.15, 0.2) is 0 Å². The van der Waals surface area contributed by atoms with E-state index < -0.39 is 17.9 Å². The molecule has 3 aliphatic heterocycles.